The van der Waals surface area contributed by atoms with E-state index in [0.29, 0.717) is 11.1 Å². The molecule has 0 radical (unpaired) electrons. The summed E-state index contributed by atoms with van der Waals surface area (Å²) >= 11 is 0. The van der Waals surface area contributed by atoms with Crippen molar-refractivity contribution in [2.45, 2.75) is 0 Å². The molecule has 6 rings (SSSR count). The molecule has 3 nitrogen and oxygen atoms in total. The van der Waals surface area contributed by atoms with Gasteiger partial charge in [0.2, 0.25) is 0 Å². The maximum absolute atomic E-state index is 15.0. The lowest BCUT2D eigenvalue weighted by molar-refractivity contribution is 0.481. The highest BCUT2D eigenvalue weighted by Crippen LogP contribution is 2.64. The maximum atomic E-state index is 15.0. The summed E-state index contributed by atoms with van der Waals surface area (Å²) in [7, 11) is -3.55. The van der Waals surface area contributed by atoms with Crippen LogP contribution in [0.2, 0.25) is 0 Å². The van der Waals surface area contributed by atoms with Crippen LogP contribution in [-0.4, -0.2) is 0 Å². The Balaban J connectivity index is 1.55. The van der Waals surface area contributed by atoms with Crippen molar-refractivity contribution in [1.29, 1.82) is 0 Å². The molecule has 0 aliphatic carbocycles. The standard InChI is InChI=1S/C32H24NO2P/c34-36(30-23-21-26(22-24-30)25-13-5-1-6-14-25)33(29-19-11-4-12-20-29)31(27-15-7-2-8-16-27)32(35-36)28-17-9-3-10-18-28/h1-24H. The number of para-hydroxylation sites is 1. The van der Waals surface area contributed by atoms with Gasteiger partial charge in [-0.15, -0.1) is 0 Å². The Morgan fingerprint density at radius 2 is 0.917 bits per heavy atom. The Bertz CT molecular complexity index is 1550. The molecule has 1 unspecified atom stereocenters. The van der Waals surface area contributed by atoms with Gasteiger partial charge in [-0.05, 0) is 35.4 Å². The van der Waals surface area contributed by atoms with Crippen molar-refractivity contribution < 1.29 is 9.09 Å². The van der Waals surface area contributed by atoms with E-state index in [0.717, 1.165) is 33.6 Å². The first kappa shape index (κ1) is 22.2. The number of nitrogens with zero attached hydrogens (tertiary/aromatic N) is 1. The summed E-state index contributed by atoms with van der Waals surface area (Å²) < 4.78 is 23.5. The lowest BCUT2D eigenvalue weighted by Crippen LogP contribution is -2.21. The predicted molar refractivity (Wildman–Crippen MR) is 149 cm³/mol. The second-order valence-corrected chi connectivity index (χ2v) is 10.7. The monoisotopic (exact) mass is 485 g/mol. The second kappa shape index (κ2) is 9.37. The molecular weight excluding hydrogens is 461 g/mol. The van der Waals surface area contributed by atoms with Gasteiger partial charge in [-0.2, -0.15) is 0 Å². The van der Waals surface area contributed by atoms with E-state index in [2.05, 4.69) is 12.1 Å². The van der Waals surface area contributed by atoms with Crippen LogP contribution in [0.4, 0.5) is 5.69 Å². The molecule has 5 aromatic carbocycles. The Morgan fingerprint density at radius 3 is 1.47 bits per heavy atom. The van der Waals surface area contributed by atoms with Gasteiger partial charge in [-0.25, -0.2) is 4.57 Å². The molecule has 0 saturated heterocycles. The highest BCUT2D eigenvalue weighted by molar-refractivity contribution is 7.69. The smallest absolute Gasteiger partial charge is 0.378 e. The summed E-state index contributed by atoms with van der Waals surface area (Å²) in [4.78, 5) is 0. The highest BCUT2D eigenvalue weighted by atomic mass is 31.2. The van der Waals surface area contributed by atoms with Gasteiger partial charge in [0, 0.05) is 11.1 Å². The largest absolute Gasteiger partial charge is 0.423 e. The van der Waals surface area contributed by atoms with Crippen LogP contribution in [0, 0.1) is 0 Å². The Kier molecular flexibility index (Phi) is 5.77. The van der Waals surface area contributed by atoms with Crippen LogP contribution in [0.1, 0.15) is 11.1 Å². The molecule has 0 aromatic heterocycles. The average Bonchev–Trinajstić information content (AvgIpc) is 3.29. The fraction of sp³-hybridized carbons (Fsp3) is 0. The number of hydrogen-bond donors (Lipinski definition) is 0. The first-order valence-electron chi connectivity index (χ1n) is 11.9. The molecule has 0 bridgehead atoms. The third-order valence-electron chi connectivity index (χ3n) is 6.29. The van der Waals surface area contributed by atoms with E-state index in [1.54, 1.807) is 0 Å². The summed E-state index contributed by atoms with van der Waals surface area (Å²) in [5.41, 5.74) is 5.62. The molecule has 1 aliphatic heterocycles. The van der Waals surface area contributed by atoms with E-state index in [1.807, 2.05) is 138 Å². The zero-order valence-electron chi connectivity index (χ0n) is 19.6. The molecule has 0 saturated carbocycles. The second-order valence-electron chi connectivity index (χ2n) is 8.58. The summed E-state index contributed by atoms with van der Waals surface area (Å²) in [5, 5.41) is 0.644. The van der Waals surface area contributed by atoms with E-state index in [4.69, 9.17) is 4.52 Å². The van der Waals surface area contributed by atoms with Crippen LogP contribution in [-0.2, 0) is 9.09 Å². The zero-order valence-corrected chi connectivity index (χ0v) is 20.5. The Hall–Kier alpha value is -4.33. The van der Waals surface area contributed by atoms with Crippen LogP contribution < -0.4 is 9.97 Å². The van der Waals surface area contributed by atoms with E-state index in [9.17, 15) is 0 Å². The fourth-order valence-electron chi connectivity index (χ4n) is 4.56. The van der Waals surface area contributed by atoms with Crippen molar-refractivity contribution in [3.05, 3.63) is 157 Å². The summed E-state index contributed by atoms with van der Waals surface area (Å²) in [6.45, 7) is 0. The van der Waals surface area contributed by atoms with Crippen molar-refractivity contribution in [2.75, 3.05) is 4.67 Å². The molecule has 1 aliphatic rings. The molecule has 1 atom stereocenters. The molecule has 5 aromatic rings. The third kappa shape index (κ3) is 3.94. The third-order valence-corrected chi connectivity index (χ3v) is 8.63. The topological polar surface area (TPSA) is 29.5 Å². The van der Waals surface area contributed by atoms with Crippen LogP contribution in [0.3, 0.4) is 0 Å². The van der Waals surface area contributed by atoms with Crippen molar-refractivity contribution >= 4 is 30.0 Å². The highest BCUT2D eigenvalue weighted by Gasteiger charge is 2.47. The summed E-state index contributed by atoms with van der Waals surface area (Å²) in [6.07, 6.45) is 0. The molecular formula is C32H24NO2P. The molecule has 1 heterocycles. The van der Waals surface area contributed by atoms with Gasteiger partial charge < -0.3 is 4.52 Å². The minimum atomic E-state index is -3.55. The average molecular weight is 486 g/mol. The number of anilines is 1. The predicted octanol–water partition coefficient (Wildman–Crippen LogP) is 8.23. The summed E-state index contributed by atoms with van der Waals surface area (Å²) in [5.74, 6) is 0.612. The maximum Gasteiger partial charge on any atom is 0.378 e. The van der Waals surface area contributed by atoms with Crippen molar-refractivity contribution in [2.24, 2.45) is 0 Å². The van der Waals surface area contributed by atoms with E-state index < -0.39 is 7.52 Å². The normalized spacial score (nSPS) is 17.2. The van der Waals surface area contributed by atoms with Crippen molar-refractivity contribution in [3.63, 3.8) is 0 Å². The molecule has 4 heteroatoms. The van der Waals surface area contributed by atoms with Gasteiger partial charge in [0.25, 0.3) is 0 Å². The van der Waals surface area contributed by atoms with E-state index in [-0.39, 0.29) is 0 Å². The zero-order chi connectivity index (χ0) is 24.4. The number of hydrogen-bond acceptors (Lipinski definition) is 2. The molecule has 0 N–H and O–H groups in total. The molecule has 0 fully saturated rings. The van der Waals surface area contributed by atoms with Gasteiger partial charge in [0.15, 0.2) is 5.76 Å². The summed E-state index contributed by atoms with van der Waals surface area (Å²) in [6, 6.07) is 47.8. The van der Waals surface area contributed by atoms with Gasteiger partial charge in [0.05, 0.1) is 11.0 Å². The lowest BCUT2D eigenvalue weighted by atomic mass is 10.1. The van der Waals surface area contributed by atoms with Gasteiger partial charge in [0.1, 0.15) is 5.70 Å². The van der Waals surface area contributed by atoms with E-state index >= 15 is 4.57 Å². The fourth-order valence-corrected chi connectivity index (χ4v) is 6.85. The first-order chi connectivity index (χ1) is 17.7. The minimum absolute atomic E-state index is 0.612. The molecule has 0 amide bonds. The minimum Gasteiger partial charge on any atom is -0.423 e. The van der Waals surface area contributed by atoms with Gasteiger partial charge in [-0.3, -0.25) is 4.67 Å². The Labute approximate surface area is 211 Å². The van der Waals surface area contributed by atoms with E-state index in [1.165, 1.54) is 0 Å². The quantitative estimate of drug-likeness (QED) is 0.235. The van der Waals surface area contributed by atoms with Gasteiger partial charge in [-0.1, -0.05) is 121 Å². The van der Waals surface area contributed by atoms with Crippen molar-refractivity contribution in [3.8, 4) is 11.1 Å². The SMILES string of the molecule is O=P1(c2ccc(-c3ccccc3)cc2)OC(c2ccccc2)=C(c2ccccc2)N1c1ccccc1. The molecule has 36 heavy (non-hydrogen) atoms. The van der Waals surface area contributed by atoms with Crippen LogP contribution in [0.25, 0.3) is 22.6 Å². The molecule has 174 valence electrons. The van der Waals surface area contributed by atoms with Gasteiger partial charge >= 0.3 is 7.52 Å². The van der Waals surface area contributed by atoms with Crippen LogP contribution >= 0.6 is 7.52 Å². The number of benzene rings is 5. The van der Waals surface area contributed by atoms with Crippen LogP contribution in [0.15, 0.2) is 146 Å². The van der Waals surface area contributed by atoms with Crippen molar-refractivity contribution in [1.82, 2.24) is 0 Å². The lowest BCUT2D eigenvalue weighted by Gasteiger charge is -2.27. The first-order valence-corrected chi connectivity index (χ1v) is 13.5. The Morgan fingerprint density at radius 1 is 0.472 bits per heavy atom. The number of rotatable bonds is 5. The molecule has 0 spiro atoms. The van der Waals surface area contributed by atoms with Crippen LogP contribution in [0.5, 0.6) is 0 Å².